The normalized spacial score (nSPS) is 11.2. The van der Waals surface area contributed by atoms with Gasteiger partial charge in [-0.05, 0) is 68.1 Å². The van der Waals surface area contributed by atoms with Gasteiger partial charge in [-0.3, -0.25) is 4.99 Å². The number of hydrogen-bond acceptors (Lipinski definition) is 3. The van der Waals surface area contributed by atoms with Crippen LogP contribution in [-0.4, -0.2) is 34.3 Å². The van der Waals surface area contributed by atoms with Crippen LogP contribution in [0.25, 0.3) is 5.82 Å². The first-order valence-corrected chi connectivity index (χ1v) is 9.64. The number of nitrogens with one attached hydrogen (secondary N) is 2. The molecule has 2 aromatic heterocycles. The van der Waals surface area contributed by atoms with E-state index in [-0.39, 0.29) is 29.8 Å². The zero-order chi connectivity index (χ0) is 20.8. The van der Waals surface area contributed by atoms with Crippen LogP contribution in [0.15, 0.2) is 47.6 Å². The summed E-state index contributed by atoms with van der Waals surface area (Å²) in [5, 5.41) is 11.0. The predicted octanol–water partition coefficient (Wildman–Crippen LogP) is 3.86. The van der Waals surface area contributed by atoms with E-state index in [1.807, 2.05) is 55.9 Å². The lowest BCUT2D eigenvalue weighted by atomic mass is 10.1. The van der Waals surface area contributed by atoms with Gasteiger partial charge >= 0.3 is 0 Å². The number of halogens is 2. The first kappa shape index (κ1) is 23.8. The number of rotatable bonds is 6. The van der Waals surface area contributed by atoms with Crippen molar-refractivity contribution in [2.24, 2.45) is 4.99 Å². The summed E-state index contributed by atoms with van der Waals surface area (Å²) in [5.74, 6) is 1.32. The maximum Gasteiger partial charge on any atom is 0.191 e. The van der Waals surface area contributed by atoms with Gasteiger partial charge < -0.3 is 10.6 Å². The van der Waals surface area contributed by atoms with Crippen molar-refractivity contribution in [3.8, 4) is 5.82 Å². The van der Waals surface area contributed by atoms with Crippen LogP contribution < -0.4 is 10.6 Å². The molecule has 0 radical (unpaired) electrons. The fraction of sp³-hybridized carbons (Fsp3) is 0.318. The number of benzene rings is 1. The van der Waals surface area contributed by atoms with Crippen LogP contribution in [0.3, 0.4) is 0 Å². The molecule has 0 unspecified atom stereocenters. The monoisotopic (exact) mass is 522 g/mol. The van der Waals surface area contributed by atoms with Gasteiger partial charge in [0.15, 0.2) is 11.8 Å². The van der Waals surface area contributed by atoms with Gasteiger partial charge in [0.1, 0.15) is 5.82 Å². The summed E-state index contributed by atoms with van der Waals surface area (Å²) in [5.41, 5.74) is 5.16. The Bertz CT molecular complexity index is 997. The van der Waals surface area contributed by atoms with Crippen molar-refractivity contribution >= 4 is 29.9 Å². The Labute approximate surface area is 194 Å². The van der Waals surface area contributed by atoms with E-state index in [1.165, 1.54) is 6.07 Å². The second-order valence-electron chi connectivity index (χ2n) is 7.04. The Balaban J connectivity index is 0.00000320. The van der Waals surface area contributed by atoms with Crippen LogP contribution >= 0.6 is 24.0 Å². The smallest absolute Gasteiger partial charge is 0.191 e. The summed E-state index contributed by atoms with van der Waals surface area (Å²) in [7, 11) is 1.74. The average Bonchev–Trinajstić information content (AvgIpc) is 3.04. The molecule has 6 nitrogen and oxygen atoms in total. The van der Waals surface area contributed by atoms with Crippen LogP contribution in [0, 0.1) is 26.6 Å². The Morgan fingerprint density at radius 3 is 2.50 bits per heavy atom. The highest BCUT2D eigenvalue weighted by Gasteiger charge is 2.06. The van der Waals surface area contributed by atoms with Gasteiger partial charge in [0, 0.05) is 32.0 Å². The summed E-state index contributed by atoms with van der Waals surface area (Å²) in [6.07, 6.45) is 2.64. The number of aliphatic imine (C=N–C) groups is 1. The number of aryl methyl sites for hydroxylation is 3. The van der Waals surface area contributed by atoms with Crippen molar-refractivity contribution < 1.29 is 4.39 Å². The van der Waals surface area contributed by atoms with E-state index < -0.39 is 0 Å². The molecule has 0 saturated carbocycles. The van der Waals surface area contributed by atoms with E-state index >= 15 is 0 Å². The second-order valence-corrected chi connectivity index (χ2v) is 7.04. The van der Waals surface area contributed by atoms with E-state index in [1.54, 1.807) is 13.1 Å². The quantitative estimate of drug-likeness (QED) is 0.293. The van der Waals surface area contributed by atoms with Gasteiger partial charge in [0.05, 0.1) is 5.69 Å². The van der Waals surface area contributed by atoms with E-state index in [9.17, 15) is 4.39 Å². The minimum Gasteiger partial charge on any atom is -0.356 e. The van der Waals surface area contributed by atoms with Gasteiger partial charge in [-0.1, -0.05) is 12.1 Å². The Hall–Kier alpha value is -2.49. The maximum absolute atomic E-state index is 13.2. The van der Waals surface area contributed by atoms with E-state index in [2.05, 4.69) is 25.7 Å². The summed E-state index contributed by atoms with van der Waals surface area (Å²) in [4.78, 5) is 8.77. The highest BCUT2D eigenvalue weighted by molar-refractivity contribution is 14.0. The topological polar surface area (TPSA) is 67.1 Å². The van der Waals surface area contributed by atoms with Gasteiger partial charge in [-0.25, -0.2) is 14.1 Å². The summed E-state index contributed by atoms with van der Waals surface area (Å²) < 4.78 is 15.0. The van der Waals surface area contributed by atoms with Gasteiger partial charge in [-0.15, -0.1) is 24.0 Å². The molecule has 0 spiro atoms. The third-order valence-electron chi connectivity index (χ3n) is 4.71. The largest absolute Gasteiger partial charge is 0.356 e. The van der Waals surface area contributed by atoms with E-state index in [0.717, 1.165) is 40.3 Å². The van der Waals surface area contributed by atoms with Crippen molar-refractivity contribution in [3.05, 3.63) is 76.5 Å². The Morgan fingerprint density at radius 2 is 1.90 bits per heavy atom. The third kappa shape index (κ3) is 6.25. The fourth-order valence-corrected chi connectivity index (χ4v) is 3.17. The molecule has 2 N–H and O–H groups in total. The standard InChI is InChI=1S/C22H27FN6.HI/c1-15-11-20(23)7-6-19(15)9-10-25-22(24-4)27-14-18-5-8-21(26-13-18)29-17(3)12-16(2)28-29;/h5-8,11-13H,9-10,14H2,1-4H3,(H2,24,25,27);1H. The molecular formula is C22H28FIN6. The Morgan fingerprint density at radius 1 is 1.10 bits per heavy atom. The first-order chi connectivity index (χ1) is 14.0. The van der Waals surface area contributed by atoms with Crippen molar-refractivity contribution in [1.82, 2.24) is 25.4 Å². The van der Waals surface area contributed by atoms with Crippen LogP contribution in [0.2, 0.25) is 0 Å². The average molecular weight is 522 g/mol. The highest BCUT2D eigenvalue weighted by Crippen LogP contribution is 2.11. The lowest BCUT2D eigenvalue weighted by Gasteiger charge is -2.13. The molecule has 8 heteroatoms. The van der Waals surface area contributed by atoms with Gasteiger partial charge in [-0.2, -0.15) is 5.10 Å². The van der Waals surface area contributed by atoms with E-state index in [0.29, 0.717) is 19.0 Å². The van der Waals surface area contributed by atoms with Crippen LogP contribution in [0.4, 0.5) is 4.39 Å². The van der Waals surface area contributed by atoms with Crippen LogP contribution in [0.1, 0.15) is 28.1 Å². The molecule has 0 aliphatic heterocycles. The fourth-order valence-electron chi connectivity index (χ4n) is 3.17. The maximum atomic E-state index is 13.2. The zero-order valence-corrected chi connectivity index (χ0v) is 20.1. The molecular weight excluding hydrogens is 494 g/mol. The Kier molecular flexibility index (Phi) is 8.76. The number of pyridine rings is 1. The third-order valence-corrected chi connectivity index (χ3v) is 4.71. The van der Waals surface area contributed by atoms with Gasteiger partial charge in [0.2, 0.25) is 0 Å². The lowest BCUT2D eigenvalue weighted by molar-refractivity contribution is 0.625. The molecule has 0 fully saturated rings. The van der Waals surface area contributed by atoms with E-state index in [4.69, 9.17) is 0 Å². The number of aromatic nitrogens is 3. The second kappa shape index (κ2) is 11.1. The molecule has 2 heterocycles. The van der Waals surface area contributed by atoms with Crippen molar-refractivity contribution in [2.75, 3.05) is 13.6 Å². The minimum atomic E-state index is -0.200. The van der Waals surface area contributed by atoms with Crippen LogP contribution in [0.5, 0.6) is 0 Å². The number of hydrogen-bond donors (Lipinski definition) is 2. The zero-order valence-electron chi connectivity index (χ0n) is 17.7. The molecule has 0 amide bonds. The summed E-state index contributed by atoms with van der Waals surface area (Å²) >= 11 is 0. The SMILES string of the molecule is CN=C(NCCc1ccc(F)cc1C)NCc1ccc(-n2nc(C)cc2C)nc1.I. The minimum absolute atomic E-state index is 0. The molecule has 160 valence electrons. The number of guanidine groups is 1. The molecule has 3 aromatic rings. The molecule has 30 heavy (non-hydrogen) atoms. The lowest BCUT2D eigenvalue weighted by Crippen LogP contribution is -2.37. The molecule has 1 aromatic carbocycles. The van der Waals surface area contributed by atoms with Crippen molar-refractivity contribution in [2.45, 2.75) is 33.7 Å². The van der Waals surface area contributed by atoms with Gasteiger partial charge in [0.25, 0.3) is 0 Å². The first-order valence-electron chi connectivity index (χ1n) is 9.64. The predicted molar refractivity (Wildman–Crippen MR) is 129 cm³/mol. The molecule has 3 rings (SSSR count). The highest BCUT2D eigenvalue weighted by atomic mass is 127. The van der Waals surface area contributed by atoms with Crippen molar-refractivity contribution in [1.29, 1.82) is 0 Å². The molecule has 0 bridgehead atoms. The number of nitrogens with zero attached hydrogens (tertiary/aromatic N) is 4. The van der Waals surface area contributed by atoms with Crippen LogP contribution in [-0.2, 0) is 13.0 Å². The molecule has 0 aliphatic carbocycles. The summed E-state index contributed by atoms with van der Waals surface area (Å²) in [6, 6.07) is 10.9. The molecule has 0 saturated heterocycles. The summed E-state index contributed by atoms with van der Waals surface area (Å²) in [6.45, 7) is 7.23. The molecule has 0 atom stereocenters. The van der Waals surface area contributed by atoms with Crippen molar-refractivity contribution in [3.63, 3.8) is 0 Å². The molecule has 0 aliphatic rings.